The van der Waals surface area contributed by atoms with Gasteiger partial charge < -0.3 is 5.32 Å². The van der Waals surface area contributed by atoms with E-state index in [0.717, 1.165) is 0 Å². The standard InChI is InChI=1S/C20H16FN7O2/c21-16-6-4-14(5-7-16)18-11-19(29)27(12-23-18)9-8-22-20(30)15-2-1-3-17(10-15)28-13-24-25-26-28/h1-7,10-13H,8-9H2,(H,22,30). The van der Waals surface area contributed by atoms with E-state index in [9.17, 15) is 14.0 Å². The molecule has 10 heteroatoms. The summed E-state index contributed by atoms with van der Waals surface area (Å²) in [6.07, 6.45) is 2.84. The Morgan fingerprint density at radius 3 is 2.63 bits per heavy atom. The largest absolute Gasteiger partial charge is 0.350 e. The molecular weight excluding hydrogens is 389 g/mol. The van der Waals surface area contributed by atoms with Crippen LogP contribution in [-0.2, 0) is 6.54 Å². The van der Waals surface area contributed by atoms with Crippen LogP contribution in [-0.4, -0.2) is 42.2 Å². The molecule has 1 N–H and O–H groups in total. The van der Waals surface area contributed by atoms with E-state index in [-0.39, 0.29) is 30.4 Å². The second-order valence-electron chi connectivity index (χ2n) is 6.37. The number of rotatable bonds is 6. The van der Waals surface area contributed by atoms with E-state index in [1.165, 1.54) is 40.1 Å². The topological polar surface area (TPSA) is 108 Å². The predicted octanol–water partition coefficient (Wildman–Crippen LogP) is 1.46. The Balaban J connectivity index is 1.38. The molecule has 9 nitrogen and oxygen atoms in total. The lowest BCUT2D eigenvalue weighted by atomic mass is 10.1. The molecule has 150 valence electrons. The maximum Gasteiger partial charge on any atom is 0.253 e. The molecule has 1 amide bonds. The first kappa shape index (κ1) is 19.1. The molecule has 0 spiro atoms. The summed E-state index contributed by atoms with van der Waals surface area (Å²) in [5, 5.41) is 13.7. The smallest absolute Gasteiger partial charge is 0.253 e. The predicted molar refractivity (Wildman–Crippen MR) is 105 cm³/mol. The van der Waals surface area contributed by atoms with Crippen LogP contribution < -0.4 is 10.9 Å². The van der Waals surface area contributed by atoms with Gasteiger partial charge in [-0.1, -0.05) is 6.07 Å². The summed E-state index contributed by atoms with van der Waals surface area (Å²) in [6, 6.07) is 14.0. The van der Waals surface area contributed by atoms with E-state index in [4.69, 9.17) is 0 Å². The van der Waals surface area contributed by atoms with Gasteiger partial charge in [0, 0.05) is 30.3 Å². The summed E-state index contributed by atoms with van der Waals surface area (Å²) in [4.78, 5) is 29.0. The van der Waals surface area contributed by atoms with Gasteiger partial charge in [-0.15, -0.1) is 5.10 Å². The van der Waals surface area contributed by atoms with Gasteiger partial charge in [-0.3, -0.25) is 14.2 Å². The number of aromatic nitrogens is 6. The van der Waals surface area contributed by atoms with Crippen LogP contribution in [0, 0.1) is 5.82 Å². The summed E-state index contributed by atoms with van der Waals surface area (Å²) >= 11 is 0. The lowest BCUT2D eigenvalue weighted by molar-refractivity contribution is 0.0952. The average Bonchev–Trinajstić information content (AvgIpc) is 3.30. The molecule has 0 aliphatic heterocycles. The van der Waals surface area contributed by atoms with Crippen LogP contribution in [0.3, 0.4) is 0 Å². The fraction of sp³-hybridized carbons (Fsp3) is 0.100. The molecule has 4 aromatic rings. The van der Waals surface area contributed by atoms with Crippen molar-refractivity contribution in [2.45, 2.75) is 6.54 Å². The summed E-state index contributed by atoms with van der Waals surface area (Å²) in [5.41, 5.74) is 1.94. The summed E-state index contributed by atoms with van der Waals surface area (Å²) in [7, 11) is 0. The van der Waals surface area contributed by atoms with Crippen molar-refractivity contribution < 1.29 is 9.18 Å². The molecule has 0 atom stereocenters. The van der Waals surface area contributed by atoms with Crippen LogP contribution in [0.4, 0.5) is 4.39 Å². The molecule has 30 heavy (non-hydrogen) atoms. The maximum absolute atomic E-state index is 13.0. The Hall–Kier alpha value is -4.21. The fourth-order valence-electron chi connectivity index (χ4n) is 2.83. The highest BCUT2D eigenvalue weighted by atomic mass is 19.1. The highest BCUT2D eigenvalue weighted by Gasteiger charge is 2.08. The minimum absolute atomic E-state index is 0.241. The van der Waals surface area contributed by atoms with Crippen molar-refractivity contribution in [1.29, 1.82) is 0 Å². The molecule has 0 fully saturated rings. The second kappa shape index (κ2) is 8.43. The Kier molecular flexibility index (Phi) is 5.37. The van der Waals surface area contributed by atoms with Gasteiger partial charge in [0.05, 0.1) is 17.7 Å². The average molecular weight is 405 g/mol. The summed E-state index contributed by atoms with van der Waals surface area (Å²) < 4.78 is 15.9. The lowest BCUT2D eigenvalue weighted by Gasteiger charge is -2.09. The first-order chi connectivity index (χ1) is 14.6. The maximum atomic E-state index is 13.0. The molecule has 0 saturated carbocycles. The van der Waals surface area contributed by atoms with Crippen LogP contribution in [0.1, 0.15) is 10.4 Å². The third-order valence-electron chi connectivity index (χ3n) is 4.38. The number of hydrogen-bond acceptors (Lipinski definition) is 6. The molecule has 4 rings (SSSR count). The van der Waals surface area contributed by atoms with Crippen molar-refractivity contribution in [2.75, 3.05) is 6.54 Å². The minimum Gasteiger partial charge on any atom is -0.350 e. The highest BCUT2D eigenvalue weighted by Crippen LogP contribution is 2.15. The molecule has 0 aliphatic rings. The Morgan fingerprint density at radius 1 is 1.07 bits per heavy atom. The summed E-state index contributed by atoms with van der Waals surface area (Å²) in [5.74, 6) is -0.639. The van der Waals surface area contributed by atoms with Gasteiger partial charge in [0.15, 0.2) is 0 Å². The highest BCUT2D eigenvalue weighted by molar-refractivity contribution is 5.94. The first-order valence-corrected chi connectivity index (χ1v) is 9.04. The number of hydrogen-bond donors (Lipinski definition) is 1. The number of carbonyl (C=O) groups excluding carboxylic acids is 1. The molecule has 2 heterocycles. The lowest BCUT2D eigenvalue weighted by Crippen LogP contribution is -2.30. The van der Waals surface area contributed by atoms with Crippen LogP contribution >= 0.6 is 0 Å². The SMILES string of the molecule is O=C(NCCn1cnc(-c2ccc(F)cc2)cc1=O)c1cccc(-n2cnnn2)c1. The number of nitrogens with zero attached hydrogens (tertiary/aromatic N) is 6. The summed E-state index contributed by atoms with van der Waals surface area (Å²) in [6.45, 7) is 0.499. The third-order valence-corrected chi connectivity index (χ3v) is 4.38. The molecular formula is C20H16FN7O2. The number of nitrogens with one attached hydrogen (secondary N) is 1. The van der Waals surface area contributed by atoms with Gasteiger partial charge in [0.1, 0.15) is 12.1 Å². The quantitative estimate of drug-likeness (QED) is 0.520. The number of tetrazole rings is 1. The van der Waals surface area contributed by atoms with Crippen molar-refractivity contribution >= 4 is 5.91 Å². The normalized spacial score (nSPS) is 10.7. The van der Waals surface area contributed by atoms with Gasteiger partial charge in [-0.05, 0) is 52.9 Å². The zero-order chi connectivity index (χ0) is 20.9. The van der Waals surface area contributed by atoms with E-state index in [1.807, 2.05) is 0 Å². The van der Waals surface area contributed by atoms with Crippen LogP contribution in [0.15, 0.2) is 72.0 Å². The van der Waals surface area contributed by atoms with E-state index in [2.05, 4.69) is 25.8 Å². The fourth-order valence-corrected chi connectivity index (χ4v) is 2.83. The van der Waals surface area contributed by atoms with Crippen molar-refractivity contribution in [3.63, 3.8) is 0 Å². The van der Waals surface area contributed by atoms with Crippen LogP contribution in [0.5, 0.6) is 0 Å². The van der Waals surface area contributed by atoms with Crippen LogP contribution in [0.25, 0.3) is 16.9 Å². The van der Waals surface area contributed by atoms with Gasteiger partial charge in [0.25, 0.3) is 11.5 Å². The van der Waals surface area contributed by atoms with Gasteiger partial charge in [-0.25, -0.2) is 14.1 Å². The van der Waals surface area contributed by atoms with Crippen molar-refractivity contribution in [1.82, 2.24) is 35.1 Å². The van der Waals surface area contributed by atoms with Crippen LogP contribution in [0.2, 0.25) is 0 Å². The molecule has 2 aromatic heterocycles. The molecule has 0 aliphatic carbocycles. The monoisotopic (exact) mass is 405 g/mol. The van der Waals surface area contributed by atoms with Gasteiger partial charge >= 0.3 is 0 Å². The van der Waals surface area contributed by atoms with Gasteiger partial charge in [-0.2, -0.15) is 0 Å². The molecule has 0 radical (unpaired) electrons. The van der Waals surface area contributed by atoms with E-state index in [1.54, 1.807) is 36.4 Å². The Labute approximate surface area is 169 Å². The zero-order valence-corrected chi connectivity index (χ0v) is 15.6. The second-order valence-corrected chi connectivity index (χ2v) is 6.37. The minimum atomic E-state index is -0.355. The number of halogens is 1. The van der Waals surface area contributed by atoms with Crippen molar-refractivity contribution in [3.8, 4) is 16.9 Å². The first-order valence-electron chi connectivity index (χ1n) is 9.04. The molecule has 0 bridgehead atoms. The van der Waals surface area contributed by atoms with E-state index in [0.29, 0.717) is 22.5 Å². The van der Waals surface area contributed by atoms with Gasteiger partial charge in [0.2, 0.25) is 0 Å². The Morgan fingerprint density at radius 2 is 1.90 bits per heavy atom. The number of benzene rings is 2. The number of carbonyl (C=O) groups is 1. The zero-order valence-electron chi connectivity index (χ0n) is 15.6. The molecule has 0 saturated heterocycles. The van der Waals surface area contributed by atoms with E-state index >= 15 is 0 Å². The Bertz CT molecular complexity index is 1220. The number of amides is 1. The van der Waals surface area contributed by atoms with E-state index < -0.39 is 0 Å². The molecule has 0 unspecified atom stereocenters. The third kappa shape index (κ3) is 4.27. The van der Waals surface area contributed by atoms with Crippen molar-refractivity contribution in [3.05, 3.63) is 89.0 Å². The van der Waals surface area contributed by atoms with Crippen molar-refractivity contribution in [2.24, 2.45) is 0 Å². The molecule has 2 aromatic carbocycles.